The fourth-order valence-corrected chi connectivity index (χ4v) is 3.87. The summed E-state index contributed by atoms with van der Waals surface area (Å²) in [7, 11) is 0. The standard InChI is InChI=1S/C23H26N2O2/c1-22(2,3)27-21(26)25-15-14-20(16-25)23(17-24,18-10-6-4-7-11-18)19-12-8-5-9-13-19/h4-13,20H,14-16H2,1-3H3/t20-/m0/s1. The third kappa shape index (κ3) is 3.83. The van der Waals surface area contributed by atoms with E-state index in [4.69, 9.17) is 4.74 Å². The van der Waals surface area contributed by atoms with E-state index in [0.717, 1.165) is 17.5 Å². The summed E-state index contributed by atoms with van der Waals surface area (Å²) < 4.78 is 5.53. The normalized spacial score (nSPS) is 17.4. The molecule has 1 heterocycles. The molecule has 4 nitrogen and oxygen atoms in total. The molecular formula is C23H26N2O2. The van der Waals surface area contributed by atoms with Crippen LogP contribution in [0, 0.1) is 17.2 Å². The number of carbonyl (C=O) groups excluding carboxylic acids is 1. The fourth-order valence-electron chi connectivity index (χ4n) is 3.87. The van der Waals surface area contributed by atoms with E-state index in [-0.39, 0.29) is 12.0 Å². The molecule has 0 spiro atoms. The van der Waals surface area contributed by atoms with Gasteiger partial charge in [-0.3, -0.25) is 0 Å². The van der Waals surface area contributed by atoms with Gasteiger partial charge in [-0.25, -0.2) is 4.79 Å². The van der Waals surface area contributed by atoms with Gasteiger partial charge in [-0.05, 0) is 38.3 Å². The highest BCUT2D eigenvalue weighted by molar-refractivity contribution is 5.68. The van der Waals surface area contributed by atoms with E-state index in [0.29, 0.717) is 13.1 Å². The molecule has 2 aromatic carbocycles. The minimum atomic E-state index is -0.792. The van der Waals surface area contributed by atoms with Crippen molar-refractivity contribution in [3.8, 4) is 6.07 Å². The summed E-state index contributed by atoms with van der Waals surface area (Å²) >= 11 is 0. The van der Waals surface area contributed by atoms with Crippen molar-refractivity contribution in [3.63, 3.8) is 0 Å². The van der Waals surface area contributed by atoms with Gasteiger partial charge in [0, 0.05) is 19.0 Å². The van der Waals surface area contributed by atoms with E-state index in [1.165, 1.54) is 0 Å². The lowest BCUT2D eigenvalue weighted by Crippen LogP contribution is -2.39. The van der Waals surface area contributed by atoms with E-state index < -0.39 is 11.0 Å². The number of likely N-dealkylation sites (tertiary alicyclic amines) is 1. The molecule has 1 aliphatic heterocycles. The monoisotopic (exact) mass is 362 g/mol. The Bertz CT molecular complexity index is 779. The highest BCUT2D eigenvalue weighted by Crippen LogP contribution is 2.43. The van der Waals surface area contributed by atoms with Crippen LogP contribution < -0.4 is 0 Å². The summed E-state index contributed by atoms with van der Waals surface area (Å²) in [4.78, 5) is 14.2. The van der Waals surface area contributed by atoms with Crippen molar-refractivity contribution in [1.82, 2.24) is 4.90 Å². The lowest BCUT2D eigenvalue weighted by molar-refractivity contribution is 0.0285. The summed E-state index contributed by atoms with van der Waals surface area (Å²) in [5, 5.41) is 10.4. The zero-order chi connectivity index (χ0) is 19.5. The molecule has 0 N–H and O–H groups in total. The van der Waals surface area contributed by atoms with Crippen LogP contribution in [0.1, 0.15) is 38.3 Å². The summed E-state index contributed by atoms with van der Waals surface area (Å²) in [6.07, 6.45) is 0.453. The summed E-state index contributed by atoms with van der Waals surface area (Å²) in [5.41, 5.74) is 0.615. The van der Waals surface area contributed by atoms with Crippen LogP contribution in [0.5, 0.6) is 0 Å². The molecule has 3 rings (SSSR count). The maximum Gasteiger partial charge on any atom is 0.410 e. The number of hydrogen-bond acceptors (Lipinski definition) is 3. The van der Waals surface area contributed by atoms with Crippen LogP contribution in [0.2, 0.25) is 0 Å². The highest BCUT2D eigenvalue weighted by Gasteiger charge is 2.46. The average molecular weight is 362 g/mol. The summed E-state index contributed by atoms with van der Waals surface area (Å²) in [6, 6.07) is 22.4. The van der Waals surface area contributed by atoms with Crippen LogP contribution in [0.15, 0.2) is 60.7 Å². The summed E-state index contributed by atoms with van der Waals surface area (Å²) in [5.74, 6) is -0.000168. The molecule has 1 amide bonds. The van der Waals surface area contributed by atoms with Crippen molar-refractivity contribution in [2.75, 3.05) is 13.1 Å². The predicted molar refractivity (Wildman–Crippen MR) is 105 cm³/mol. The molecule has 1 atom stereocenters. The molecule has 140 valence electrons. The molecule has 27 heavy (non-hydrogen) atoms. The molecule has 0 unspecified atom stereocenters. The average Bonchev–Trinajstić information content (AvgIpc) is 3.14. The lowest BCUT2D eigenvalue weighted by Gasteiger charge is -2.34. The minimum absolute atomic E-state index is 0.000168. The van der Waals surface area contributed by atoms with Crippen LogP contribution >= 0.6 is 0 Å². The van der Waals surface area contributed by atoms with Gasteiger partial charge in [0.05, 0.1) is 6.07 Å². The van der Waals surface area contributed by atoms with Crippen molar-refractivity contribution in [1.29, 1.82) is 5.26 Å². The van der Waals surface area contributed by atoms with Crippen LogP contribution in [-0.4, -0.2) is 29.7 Å². The Balaban J connectivity index is 1.96. The Morgan fingerprint density at radius 3 is 2.00 bits per heavy atom. The first-order valence-electron chi connectivity index (χ1n) is 9.37. The van der Waals surface area contributed by atoms with Crippen molar-refractivity contribution in [3.05, 3.63) is 71.8 Å². The molecule has 0 saturated carbocycles. The number of rotatable bonds is 3. The molecular weight excluding hydrogens is 336 g/mol. The van der Waals surface area contributed by atoms with E-state index in [1.807, 2.05) is 81.4 Å². The van der Waals surface area contributed by atoms with Gasteiger partial charge in [0.25, 0.3) is 0 Å². The van der Waals surface area contributed by atoms with Gasteiger partial charge in [0.15, 0.2) is 0 Å². The Kier molecular flexibility index (Phi) is 5.23. The molecule has 1 fully saturated rings. The molecule has 0 aliphatic carbocycles. The van der Waals surface area contributed by atoms with E-state index in [9.17, 15) is 10.1 Å². The van der Waals surface area contributed by atoms with E-state index >= 15 is 0 Å². The number of benzene rings is 2. The van der Waals surface area contributed by atoms with E-state index in [2.05, 4.69) is 6.07 Å². The van der Waals surface area contributed by atoms with Crippen LogP contribution in [0.3, 0.4) is 0 Å². The number of nitriles is 1. The first kappa shape index (κ1) is 19.0. The largest absolute Gasteiger partial charge is 0.444 e. The van der Waals surface area contributed by atoms with Gasteiger partial charge in [0.2, 0.25) is 0 Å². The second-order valence-corrected chi connectivity index (χ2v) is 8.06. The van der Waals surface area contributed by atoms with Crippen LogP contribution in [0.4, 0.5) is 4.79 Å². The Morgan fingerprint density at radius 1 is 1.04 bits per heavy atom. The highest BCUT2D eigenvalue weighted by atomic mass is 16.6. The smallest absolute Gasteiger partial charge is 0.410 e. The van der Waals surface area contributed by atoms with Gasteiger partial charge in [-0.2, -0.15) is 5.26 Å². The molecule has 1 aliphatic rings. The molecule has 1 saturated heterocycles. The lowest BCUT2D eigenvalue weighted by atomic mass is 9.66. The number of carbonyl (C=O) groups is 1. The zero-order valence-corrected chi connectivity index (χ0v) is 16.2. The number of ether oxygens (including phenoxy) is 1. The van der Waals surface area contributed by atoms with Crippen molar-refractivity contribution in [2.45, 2.75) is 38.2 Å². The molecule has 4 heteroatoms. The molecule has 0 aromatic heterocycles. The van der Waals surface area contributed by atoms with Crippen molar-refractivity contribution < 1.29 is 9.53 Å². The third-order valence-corrected chi connectivity index (χ3v) is 5.09. The minimum Gasteiger partial charge on any atom is -0.444 e. The fraction of sp³-hybridized carbons (Fsp3) is 0.391. The van der Waals surface area contributed by atoms with Gasteiger partial charge >= 0.3 is 6.09 Å². The van der Waals surface area contributed by atoms with Crippen LogP contribution in [-0.2, 0) is 10.2 Å². The van der Waals surface area contributed by atoms with Gasteiger partial charge in [-0.1, -0.05) is 60.7 Å². The second-order valence-electron chi connectivity index (χ2n) is 8.06. The Morgan fingerprint density at radius 2 is 1.56 bits per heavy atom. The quantitative estimate of drug-likeness (QED) is 0.791. The molecule has 0 bridgehead atoms. The maximum absolute atomic E-state index is 12.5. The van der Waals surface area contributed by atoms with Crippen molar-refractivity contribution in [2.24, 2.45) is 5.92 Å². The van der Waals surface area contributed by atoms with Gasteiger partial charge < -0.3 is 9.64 Å². The predicted octanol–water partition coefficient (Wildman–Crippen LogP) is 4.75. The third-order valence-electron chi connectivity index (χ3n) is 5.09. The van der Waals surface area contributed by atoms with Crippen molar-refractivity contribution >= 4 is 6.09 Å². The maximum atomic E-state index is 12.5. The topological polar surface area (TPSA) is 53.3 Å². The SMILES string of the molecule is CC(C)(C)OC(=O)N1CC[C@H](C(C#N)(c2ccccc2)c2ccccc2)C1. The number of hydrogen-bond donors (Lipinski definition) is 0. The molecule has 2 aromatic rings. The second kappa shape index (κ2) is 7.44. The number of amides is 1. The Hall–Kier alpha value is -2.80. The Labute approximate surface area is 161 Å². The first-order chi connectivity index (χ1) is 12.9. The van der Waals surface area contributed by atoms with Crippen LogP contribution in [0.25, 0.3) is 0 Å². The molecule has 0 radical (unpaired) electrons. The zero-order valence-electron chi connectivity index (χ0n) is 16.2. The number of nitrogens with zero attached hydrogens (tertiary/aromatic N) is 2. The van der Waals surface area contributed by atoms with Gasteiger partial charge in [0.1, 0.15) is 11.0 Å². The van der Waals surface area contributed by atoms with Gasteiger partial charge in [-0.15, -0.1) is 0 Å². The summed E-state index contributed by atoms with van der Waals surface area (Å²) in [6.45, 7) is 6.71. The first-order valence-corrected chi connectivity index (χ1v) is 9.37. The van der Waals surface area contributed by atoms with E-state index in [1.54, 1.807) is 4.90 Å².